The SMILES string of the molecule is NS(=O)(=O)c1cccc(S(=O)(=O)N2CCC(C=O)CC2)c1. The van der Waals surface area contributed by atoms with Crippen LogP contribution in [0.15, 0.2) is 34.1 Å². The lowest BCUT2D eigenvalue weighted by molar-refractivity contribution is -0.112. The van der Waals surface area contributed by atoms with Gasteiger partial charge in [0.1, 0.15) is 6.29 Å². The van der Waals surface area contributed by atoms with Crippen LogP contribution in [0.3, 0.4) is 0 Å². The number of primary sulfonamides is 1. The first-order valence-corrected chi connectivity index (χ1v) is 9.32. The predicted molar refractivity (Wildman–Crippen MR) is 75.4 cm³/mol. The Hall–Kier alpha value is -1.29. The summed E-state index contributed by atoms with van der Waals surface area (Å²) < 4.78 is 48.8. The lowest BCUT2D eigenvalue weighted by Crippen LogP contribution is -2.38. The highest BCUT2D eigenvalue weighted by molar-refractivity contribution is 7.90. The Morgan fingerprint density at radius 1 is 1.10 bits per heavy atom. The molecule has 9 heteroatoms. The van der Waals surface area contributed by atoms with Crippen molar-refractivity contribution >= 4 is 26.3 Å². The van der Waals surface area contributed by atoms with E-state index in [-0.39, 0.29) is 28.8 Å². The second-order valence-electron chi connectivity index (χ2n) is 4.90. The van der Waals surface area contributed by atoms with Crippen LogP contribution in [0.2, 0.25) is 0 Å². The van der Waals surface area contributed by atoms with E-state index in [9.17, 15) is 21.6 Å². The van der Waals surface area contributed by atoms with Crippen molar-refractivity contribution in [2.45, 2.75) is 22.6 Å². The van der Waals surface area contributed by atoms with E-state index < -0.39 is 20.0 Å². The summed E-state index contributed by atoms with van der Waals surface area (Å²) in [6.45, 7) is 0.483. The molecule has 0 bridgehead atoms. The third-order valence-corrected chi connectivity index (χ3v) is 6.27. The number of nitrogens with zero attached hydrogens (tertiary/aromatic N) is 1. The molecule has 0 unspecified atom stereocenters. The number of carbonyl (C=O) groups excluding carboxylic acids is 1. The molecule has 7 nitrogen and oxygen atoms in total. The molecule has 0 radical (unpaired) electrons. The van der Waals surface area contributed by atoms with Gasteiger partial charge < -0.3 is 4.79 Å². The number of hydrogen-bond donors (Lipinski definition) is 1. The summed E-state index contributed by atoms with van der Waals surface area (Å²) in [7, 11) is -7.74. The third-order valence-electron chi connectivity index (χ3n) is 3.46. The van der Waals surface area contributed by atoms with E-state index in [2.05, 4.69) is 0 Å². The van der Waals surface area contributed by atoms with E-state index in [1.165, 1.54) is 22.5 Å². The predicted octanol–water partition coefficient (Wildman–Crippen LogP) is -0.0664. The van der Waals surface area contributed by atoms with Crippen LogP contribution in [0.1, 0.15) is 12.8 Å². The Kier molecular flexibility index (Phi) is 4.47. The Balaban J connectivity index is 2.31. The molecule has 0 amide bonds. The van der Waals surface area contributed by atoms with Gasteiger partial charge in [-0.15, -0.1) is 0 Å². The van der Waals surface area contributed by atoms with Gasteiger partial charge in [-0.2, -0.15) is 4.31 Å². The quantitative estimate of drug-likeness (QED) is 0.775. The normalized spacial score (nSPS) is 18.5. The second kappa shape index (κ2) is 5.84. The maximum Gasteiger partial charge on any atom is 0.243 e. The van der Waals surface area contributed by atoms with Crippen LogP contribution >= 0.6 is 0 Å². The first-order valence-electron chi connectivity index (χ1n) is 6.33. The van der Waals surface area contributed by atoms with Crippen LogP contribution in [0.25, 0.3) is 0 Å². The maximum atomic E-state index is 12.5. The average Bonchev–Trinajstić information content (AvgIpc) is 2.46. The Morgan fingerprint density at radius 2 is 1.67 bits per heavy atom. The molecule has 2 N–H and O–H groups in total. The molecule has 1 aromatic carbocycles. The Labute approximate surface area is 123 Å². The van der Waals surface area contributed by atoms with Gasteiger partial charge in [-0.05, 0) is 31.0 Å². The van der Waals surface area contributed by atoms with Crippen LogP contribution in [0.5, 0.6) is 0 Å². The minimum atomic E-state index is -3.96. The summed E-state index contributed by atoms with van der Waals surface area (Å²) in [6, 6.07) is 4.96. The number of benzene rings is 1. The third kappa shape index (κ3) is 3.49. The highest BCUT2D eigenvalue weighted by atomic mass is 32.2. The fourth-order valence-electron chi connectivity index (χ4n) is 2.21. The highest BCUT2D eigenvalue weighted by Gasteiger charge is 2.29. The Bertz CT molecular complexity index is 735. The lowest BCUT2D eigenvalue weighted by Gasteiger charge is -2.28. The lowest BCUT2D eigenvalue weighted by atomic mass is 10.0. The van der Waals surface area contributed by atoms with Gasteiger partial charge in [0.05, 0.1) is 9.79 Å². The van der Waals surface area contributed by atoms with Crippen molar-refractivity contribution in [1.29, 1.82) is 0 Å². The molecule has 1 aliphatic rings. The van der Waals surface area contributed by atoms with Crippen LogP contribution < -0.4 is 5.14 Å². The molecule has 116 valence electrons. The molecule has 1 aromatic rings. The maximum absolute atomic E-state index is 12.5. The van der Waals surface area contributed by atoms with Crippen molar-refractivity contribution in [2.24, 2.45) is 11.1 Å². The molecule has 1 saturated heterocycles. The number of carbonyl (C=O) groups is 1. The smallest absolute Gasteiger partial charge is 0.243 e. The molecule has 2 rings (SSSR count). The summed E-state index contributed by atoms with van der Waals surface area (Å²) in [4.78, 5) is 10.3. The molecule has 21 heavy (non-hydrogen) atoms. The average molecular weight is 332 g/mol. The number of piperidine rings is 1. The van der Waals surface area contributed by atoms with E-state index in [4.69, 9.17) is 5.14 Å². The van der Waals surface area contributed by atoms with Gasteiger partial charge in [0.2, 0.25) is 20.0 Å². The van der Waals surface area contributed by atoms with Gasteiger partial charge in [0.15, 0.2) is 0 Å². The van der Waals surface area contributed by atoms with Crippen molar-refractivity contribution in [3.8, 4) is 0 Å². The summed E-state index contributed by atoms with van der Waals surface area (Å²) >= 11 is 0. The molecule has 0 atom stereocenters. The van der Waals surface area contributed by atoms with Crippen LogP contribution in [-0.4, -0.2) is 40.5 Å². The standard InChI is InChI=1S/C12H16N2O5S2/c13-20(16,17)11-2-1-3-12(8-11)21(18,19)14-6-4-10(9-15)5-7-14/h1-3,8-10H,4-7H2,(H2,13,16,17). The first kappa shape index (κ1) is 16.1. The van der Waals surface area contributed by atoms with E-state index >= 15 is 0 Å². The summed E-state index contributed by atoms with van der Waals surface area (Å²) in [5.41, 5.74) is 0. The van der Waals surface area contributed by atoms with Crippen LogP contribution in [0.4, 0.5) is 0 Å². The van der Waals surface area contributed by atoms with Crippen LogP contribution in [0, 0.1) is 5.92 Å². The van der Waals surface area contributed by atoms with Crippen molar-refractivity contribution in [3.63, 3.8) is 0 Å². The molecule has 0 aliphatic carbocycles. The van der Waals surface area contributed by atoms with Gasteiger partial charge in [-0.25, -0.2) is 22.0 Å². The highest BCUT2D eigenvalue weighted by Crippen LogP contribution is 2.24. The van der Waals surface area contributed by atoms with Crippen molar-refractivity contribution in [1.82, 2.24) is 4.31 Å². The number of aldehydes is 1. The molecule has 0 saturated carbocycles. The van der Waals surface area contributed by atoms with Crippen molar-refractivity contribution < 1.29 is 21.6 Å². The van der Waals surface area contributed by atoms with E-state index in [1.807, 2.05) is 0 Å². The van der Waals surface area contributed by atoms with Crippen LogP contribution in [-0.2, 0) is 24.8 Å². The molecule has 1 aliphatic heterocycles. The van der Waals surface area contributed by atoms with E-state index in [0.717, 1.165) is 12.4 Å². The fourth-order valence-corrected chi connectivity index (χ4v) is 4.36. The minimum Gasteiger partial charge on any atom is -0.303 e. The van der Waals surface area contributed by atoms with Gasteiger partial charge in [-0.1, -0.05) is 6.07 Å². The second-order valence-corrected chi connectivity index (χ2v) is 8.40. The number of sulfonamides is 2. The van der Waals surface area contributed by atoms with Crippen molar-refractivity contribution in [3.05, 3.63) is 24.3 Å². The molecular weight excluding hydrogens is 316 g/mol. The van der Waals surface area contributed by atoms with Gasteiger partial charge in [0, 0.05) is 19.0 Å². The monoisotopic (exact) mass is 332 g/mol. The fraction of sp³-hybridized carbons (Fsp3) is 0.417. The zero-order valence-corrected chi connectivity index (χ0v) is 12.8. The zero-order valence-electron chi connectivity index (χ0n) is 11.2. The first-order chi connectivity index (χ1) is 9.75. The summed E-state index contributed by atoms with van der Waals surface area (Å²) in [6.07, 6.45) is 1.78. The Morgan fingerprint density at radius 3 is 2.19 bits per heavy atom. The number of hydrogen-bond acceptors (Lipinski definition) is 5. The van der Waals surface area contributed by atoms with Gasteiger partial charge in [0.25, 0.3) is 0 Å². The number of nitrogens with two attached hydrogens (primary N) is 1. The van der Waals surface area contributed by atoms with Crippen molar-refractivity contribution in [2.75, 3.05) is 13.1 Å². The minimum absolute atomic E-state index is 0.112. The topological polar surface area (TPSA) is 115 Å². The molecule has 1 heterocycles. The van der Waals surface area contributed by atoms with Gasteiger partial charge in [-0.3, -0.25) is 0 Å². The molecule has 0 aromatic heterocycles. The summed E-state index contributed by atoms with van der Waals surface area (Å²) in [5.74, 6) is -0.118. The number of rotatable bonds is 4. The summed E-state index contributed by atoms with van der Waals surface area (Å²) in [5, 5.41) is 5.01. The largest absolute Gasteiger partial charge is 0.303 e. The molecular formula is C12H16N2O5S2. The molecule has 1 fully saturated rings. The molecule has 0 spiro atoms. The van der Waals surface area contributed by atoms with E-state index in [1.54, 1.807) is 0 Å². The van der Waals surface area contributed by atoms with Gasteiger partial charge >= 0.3 is 0 Å². The van der Waals surface area contributed by atoms with E-state index in [0.29, 0.717) is 12.8 Å². The zero-order chi connectivity index (χ0) is 15.7.